The van der Waals surface area contributed by atoms with E-state index in [-0.39, 0.29) is 5.95 Å². The first-order valence-electron chi connectivity index (χ1n) is 3.98. The van der Waals surface area contributed by atoms with E-state index in [4.69, 9.17) is 5.73 Å². The van der Waals surface area contributed by atoms with Crippen molar-refractivity contribution in [2.75, 3.05) is 12.3 Å². The highest BCUT2D eigenvalue weighted by Gasteiger charge is 1.93. The minimum atomic E-state index is -0.565. The van der Waals surface area contributed by atoms with E-state index in [9.17, 15) is 4.79 Å². The summed E-state index contributed by atoms with van der Waals surface area (Å²) in [5, 5.41) is 0. The van der Waals surface area contributed by atoms with Crippen molar-refractivity contribution in [3.63, 3.8) is 0 Å². The Labute approximate surface area is 81.3 Å². The van der Waals surface area contributed by atoms with Gasteiger partial charge in [-0.1, -0.05) is 5.92 Å². The zero-order chi connectivity index (χ0) is 10.4. The minimum Gasteiger partial charge on any atom is -0.456 e. The van der Waals surface area contributed by atoms with E-state index < -0.39 is 5.97 Å². The van der Waals surface area contributed by atoms with Gasteiger partial charge >= 0.3 is 5.97 Å². The van der Waals surface area contributed by atoms with Crippen molar-refractivity contribution in [1.82, 2.24) is 9.97 Å². The third-order valence-electron chi connectivity index (χ3n) is 1.26. The Balaban J connectivity index is 2.68. The summed E-state index contributed by atoms with van der Waals surface area (Å²) in [6.45, 7) is 2.03. The summed E-state index contributed by atoms with van der Waals surface area (Å²) in [6.07, 6.45) is 2.88. The molecule has 0 aliphatic carbocycles. The molecule has 5 nitrogen and oxygen atoms in total. The van der Waals surface area contributed by atoms with Gasteiger partial charge in [-0.2, -0.15) is 0 Å². The molecule has 0 spiro atoms. The molecule has 0 aliphatic heterocycles. The molecule has 0 aliphatic rings. The van der Waals surface area contributed by atoms with Crippen LogP contribution in [0.4, 0.5) is 5.95 Å². The first-order valence-corrected chi connectivity index (χ1v) is 3.98. The Morgan fingerprint density at radius 1 is 1.57 bits per heavy atom. The molecule has 0 bridgehead atoms. The largest absolute Gasteiger partial charge is 0.456 e. The van der Waals surface area contributed by atoms with Gasteiger partial charge in [-0.15, -0.1) is 0 Å². The highest BCUT2D eigenvalue weighted by molar-refractivity contribution is 5.89. The van der Waals surface area contributed by atoms with Crippen LogP contribution in [-0.4, -0.2) is 22.5 Å². The van der Waals surface area contributed by atoms with Gasteiger partial charge in [0.25, 0.3) is 0 Å². The fraction of sp³-hybridized carbons (Fsp3) is 0.222. The van der Waals surface area contributed by atoms with Crippen molar-refractivity contribution in [2.45, 2.75) is 6.92 Å². The van der Waals surface area contributed by atoms with Gasteiger partial charge in [0.1, 0.15) is 0 Å². The minimum absolute atomic E-state index is 0.173. The van der Waals surface area contributed by atoms with Crippen LogP contribution in [0.2, 0.25) is 0 Å². The molecule has 0 saturated carbocycles. The average Bonchev–Trinajstić information content (AvgIpc) is 2.17. The molecule has 2 N–H and O–H groups in total. The van der Waals surface area contributed by atoms with E-state index in [0.29, 0.717) is 12.2 Å². The van der Waals surface area contributed by atoms with Gasteiger partial charge in [-0.25, -0.2) is 14.8 Å². The second-order valence-corrected chi connectivity index (χ2v) is 2.30. The summed E-state index contributed by atoms with van der Waals surface area (Å²) >= 11 is 0. The average molecular weight is 191 g/mol. The molecule has 0 radical (unpaired) electrons. The summed E-state index contributed by atoms with van der Waals surface area (Å²) in [7, 11) is 0. The third-order valence-corrected chi connectivity index (χ3v) is 1.26. The number of anilines is 1. The van der Waals surface area contributed by atoms with E-state index in [2.05, 4.69) is 26.5 Å². The summed E-state index contributed by atoms with van der Waals surface area (Å²) in [6, 6.07) is 0. The normalized spacial score (nSPS) is 8.64. The molecule has 0 unspecified atom stereocenters. The summed E-state index contributed by atoms with van der Waals surface area (Å²) in [4.78, 5) is 18.3. The van der Waals surface area contributed by atoms with Crippen LogP contribution in [0.3, 0.4) is 0 Å². The van der Waals surface area contributed by atoms with E-state index in [1.807, 2.05) is 0 Å². The predicted octanol–water partition coefficient (Wildman–Crippen LogP) is -0.0266. The lowest BCUT2D eigenvalue weighted by Crippen LogP contribution is -1.99. The van der Waals surface area contributed by atoms with Gasteiger partial charge in [0.15, 0.2) is 0 Å². The van der Waals surface area contributed by atoms with Gasteiger partial charge < -0.3 is 10.5 Å². The smallest absolute Gasteiger partial charge is 0.384 e. The van der Waals surface area contributed by atoms with Crippen LogP contribution in [0, 0.1) is 11.8 Å². The van der Waals surface area contributed by atoms with Gasteiger partial charge in [0.05, 0.1) is 12.2 Å². The van der Waals surface area contributed by atoms with Crippen LogP contribution in [0.15, 0.2) is 12.4 Å². The van der Waals surface area contributed by atoms with E-state index in [1.165, 1.54) is 12.4 Å². The number of carbonyl (C=O) groups excluding carboxylic acids is 1. The molecule has 1 aromatic rings. The number of carbonyl (C=O) groups is 1. The van der Waals surface area contributed by atoms with Crippen LogP contribution < -0.4 is 5.73 Å². The fourth-order valence-corrected chi connectivity index (χ4v) is 0.693. The van der Waals surface area contributed by atoms with E-state index in [1.54, 1.807) is 6.92 Å². The number of hydrogen-bond acceptors (Lipinski definition) is 5. The maximum atomic E-state index is 10.8. The van der Waals surface area contributed by atoms with Gasteiger partial charge in [-0.05, 0) is 6.92 Å². The second-order valence-electron chi connectivity index (χ2n) is 2.30. The second kappa shape index (κ2) is 4.82. The molecule has 1 heterocycles. The Hall–Kier alpha value is -2.09. The van der Waals surface area contributed by atoms with Crippen LogP contribution in [0.1, 0.15) is 12.5 Å². The van der Waals surface area contributed by atoms with Crippen molar-refractivity contribution in [1.29, 1.82) is 0 Å². The SMILES string of the molecule is CCOC(=O)C#Cc1cnc(N)nc1. The highest BCUT2D eigenvalue weighted by Crippen LogP contribution is 1.93. The molecule has 5 heteroatoms. The summed E-state index contributed by atoms with van der Waals surface area (Å²) in [5.41, 5.74) is 5.79. The topological polar surface area (TPSA) is 78.1 Å². The third kappa shape index (κ3) is 3.11. The Kier molecular flexibility index (Phi) is 3.44. The van der Waals surface area contributed by atoms with Crippen LogP contribution in [-0.2, 0) is 9.53 Å². The molecular formula is C9H9N3O2. The van der Waals surface area contributed by atoms with Gasteiger partial charge in [0, 0.05) is 18.3 Å². The van der Waals surface area contributed by atoms with Gasteiger partial charge in [0.2, 0.25) is 5.95 Å². The van der Waals surface area contributed by atoms with Crippen molar-refractivity contribution >= 4 is 11.9 Å². The maximum absolute atomic E-state index is 10.8. The molecule has 14 heavy (non-hydrogen) atoms. The van der Waals surface area contributed by atoms with Crippen molar-refractivity contribution in [3.8, 4) is 11.8 Å². The summed E-state index contributed by atoms with van der Waals surface area (Å²) < 4.78 is 4.61. The number of nitrogen functional groups attached to an aromatic ring is 1. The Bertz CT molecular complexity index is 375. The van der Waals surface area contributed by atoms with E-state index in [0.717, 1.165) is 0 Å². The van der Waals surface area contributed by atoms with Crippen molar-refractivity contribution < 1.29 is 9.53 Å². The molecular weight excluding hydrogens is 182 g/mol. The Morgan fingerprint density at radius 2 is 2.21 bits per heavy atom. The number of aromatic nitrogens is 2. The lowest BCUT2D eigenvalue weighted by Gasteiger charge is -1.91. The number of esters is 1. The first-order chi connectivity index (χ1) is 6.72. The number of hydrogen-bond donors (Lipinski definition) is 1. The molecule has 0 aromatic carbocycles. The van der Waals surface area contributed by atoms with Crippen molar-refractivity contribution in [2.24, 2.45) is 0 Å². The molecule has 1 rings (SSSR count). The lowest BCUT2D eigenvalue weighted by molar-refractivity contribution is -0.136. The Morgan fingerprint density at radius 3 is 2.79 bits per heavy atom. The maximum Gasteiger partial charge on any atom is 0.384 e. The zero-order valence-electron chi connectivity index (χ0n) is 7.65. The van der Waals surface area contributed by atoms with Crippen LogP contribution in [0.5, 0.6) is 0 Å². The van der Waals surface area contributed by atoms with Crippen LogP contribution >= 0.6 is 0 Å². The molecule has 1 aromatic heterocycles. The molecule has 72 valence electrons. The number of nitrogens with zero attached hydrogens (tertiary/aromatic N) is 2. The fourth-order valence-electron chi connectivity index (χ4n) is 0.693. The molecule has 0 saturated heterocycles. The molecule has 0 amide bonds. The number of rotatable bonds is 1. The summed E-state index contributed by atoms with van der Waals surface area (Å²) in [5.74, 6) is 4.45. The number of nitrogens with two attached hydrogens (primary N) is 1. The number of ether oxygens (including phenoxy) is 1. The van der Waals surface area contributed by atoms with Gasteiger partial charge in [-0.3, -0.25) is 0 Å². The highest BCUT2D eigenvalue weighted by atomic mass is 16.5. The van der Waals surface area contributed by atoms with Crippen molar-refractivity contribution in [3.05, 3.63) is 18.0 Å². The predicted molar refractivity (Wildman–Crippen MR) is 50.0 cm³/mol. The first kappa shape index (κ1) is 9.99. The standard InChI is InChI=1S/C9H9N3O2/c1-2-14-8(13)4-3-7-5-11-9(10)12-6-7/h5-6H,2H2,1H3,(H2,10,11,12). The quantitative estimate of drug-likeness (QED) is 0.498. The van der Waals surface area contributed by atoms with E-state index >= 15 is 0 Å². The molecule has 0 fully saturated rings. The zero-order valence-corrected chi connectivity index (χ0v) is 7.65. The molecule has 0 atom stereocenters. The monoisotopic (exact) mass is 191 g/mol. The lowest BCUT2D eigenvalue weighted by atomic mass is 10.3. The van der Waals surface area contributed by atoms with Crippen LogP contribution in [0.25, 0.3) is 0 Å².